The topological polar surface area (TPSA) is 66.4 Å². The van der Waals surface area contributed by atoms with Crippen LogP contribution in [0.1, 0.15) is 22.3 Å². The van der Waals surface area contributed by atoms with Crippen molar-refractivity contribution in [3.63, 3.8) is 0 Å². The monoisotopic (exact) mass is 371 g/mol. The number of Topliss-reactive ketones (excluding diaryl/α,β-unsaturated/α-hetero) is 1. The van der Waals surface area contributed by atoms with Crippen LogP contribution in [-0.2, 0) is 10.4 Å². The maximum Gasteiger partial charge on any atom is 0.261 e. The summed E-state index contributed by atoms with van der Waals surface area (Å²) in [6, 6.07) is 5.38. The van der Waals surface area contributed by atoms with E-state index in [1.165, 1.54) is 12.1 Å². The largest absolute Gasteiger partial charge is 0.375 e. The highest BCUT2D eigenvalue weighted by Gasteiger charge is 2.49. The lowest BCUT2D eigenvalue weighted by Crippen LogP contribution is -2.36. The lowest BCUT2D eigenvalue weighted by Gasteiger charge is -2.21. The molecular weight excluding hydrogens is 363 g/mol. The van der Waals surface area contributed by atoms with Crippen molar-refractivity contribution in [2.24, 2.45) is 0 Å². The van der Waals surface area contributed by atoms with E-state index in [4.69, 9.17) is 23.2 Å². The molecule has 0 saturated heterocycles. The van der Waals surface area contributed by atoms with E-state index < -0.39 is 35.3 Å². The molecule has 1 aliphatic rings. The Kier molecular flexibility index (Phi) is 4.07. The highest BCUT2D eigenvalue weighted by Crippen LogP contribution is 2.46. The second-order valence-corrected chi connectivity index (χ2v) is 6.14. The number of ketones is 1. The number of carbonyl (C=O) groups excluding carboxylic acids is 2. The Hall–Kier alpha value is -2.02. The molecule has 2 aromatic carbocycles. The number of aliphatic hydroxyl groups is 1. The highest BCUT2D eigenvalue weighted by molar-refractivity contribution is 6.38. The van der Waals surface area contributed by atoms with Gasteiger partial charge in [0.05, 0.1) is 17.1 Å². The van der Waals surface area contributed by atoms with Crippen LogP contribution in [0, 0.1) is 11.6 Å². The molecule has 4 nitrogen and oxygen atoms in total. The van der Waals surface area contributed by atoms with Gasteiger partial charge >= 0.3 is 0 Å². The van der Waals surface area contributed by atoms with Crippen molar-refractivity contribution in [3.05, 3.63) is 63.1 Å². The van der Waals surface area contributed by atoms with E-state index in [2.05, 4.69) is 5.32 Å². The van der Waals surface area contributed by atoms with Gasteiger partial charge in [-0.1, -0.05) is 23.2 Å². The van der Waals surface area contributed by atoms with Crippen LogP contribution in [0.3, 0.4) is 0 Å². The number of benzene rings is 2. The molecule has 2 N–H and O–H groups in total. The van der Waals surface area contributed by atoms with Crippen LogP contribution in [0.5, 0.6) is 0 Å². The molecule has 0 saturated carbocycles. The van der Waals surface area contributed by atoms with Crippen LogP contribution >= 0.6 is 23.2 Å². The first kappa shape index (κ1) is 16.8. The summed E-state index contributed by atoms with van der Waals surface area (Å²) in [7, 11) is 0. The Labute approximate surface area is 145 Å². The number of hydrogen-bond acceptors (Lipinski definition) is 3. The normalized spacial score (nSPS) is 19.1. The van der Waals surface area contributed by atoms with Gasteiger partial charge in [-0.2, -0.15) is 0 Å². The number of halogens is 4. The average molecular weight is 372 g/mol. The van der Waals surface area contributed by atoms with Crippen molar-refractivity contribution < 1.29 is 23.5 Å². The van der Waals surface area contributed by atoms with E-state index in [0.717, 1.165) is 12.1 Å². The van der Waals surface area contributed by atoms with Crippen molar-refractivity contribution in [1.82, 2.24) is 0 Å². The Morgan fingerprint density at radius 2 is 1.79 bits per heavy atom. The molecule has 0 spiro atoms. The summed E-state index contributed by atoms with van der Waals surface area (Å²) < 4.78 is 26.2. The quantitative estimate of drug-likeness (QED) is 0.808. The molecule has 0 aliphatic carbocycles. The third kappa shape index (κ3) is 2.56. The van der Waals surface area contributed by atoms with Crippen molar-refractivity contribution >= 4 is 40.6 Å². The zero-order valence-corrected chi connectivity index (χ0v) is 13.4. The molecule has 2 aromatic rings. The number of anilines is 1. The number of amides is 1. The summed E-state index contributed by atoms with van der Waals surface area (Å²) in [5.74, 6) is -3.94. The maximum absolute atomic E-state index is 13.3. The number of nitrogens with one attached hydrogen (secondary N) is 1. The van der Waals surface area contributed by atoms with Gasteiger partial charge in [-0.05, 0) is 30.3 Å². The molecule has 0 bridgehead atoms. The predicted octanol–water partition coefficient (Wildman–Crippen LogP) is 3.68. The summed E-state index contributed by atoms with van der Waals surface area (Å²) in [6.45, 7) is 0. The predicted molar refractivity (Wildman–Crippen MR) is 84.3 cm³/mol. The first-order valence-corrected chi connectivity index (χ1v) is 7.50. The molecular formula is C16H9Cl2F2NO3. The van der Waals surface area contributed by atoms with Crippen LogP contribution < -0.4 is 5.32 Å². The minimum absolute atomic E-state index is 0.0161. The van der Waals surface area contributed by atoms with Gasteiger partial charge in [0.2, 0.25) is 0 Å². The molecule has 1 aliphatic heterocycles. The smallest absolute Gasteiger partial charge is 0.261 e. The second kappa shape index (κ2) is 5.81. The summed E-state index contributed by atoms with van der Waals surface area (Å²) >= 11 is 12.0. The van der Waals surface area contributed by atoms with Crippen LogP contribution in [0.15, 0.2) is 30.3 Å². The molecule has 0 fully saturated rings. The number of hydrogen-bond donors (Lipinski definition) is 2. The lowest BCUT2D eigenvalue weighted by atomic mass is 9.88. The molecule has 1 unspecified atom stereocenters. The second-order valence-electron chi connectivity index (χ2n) is 5.32. The Balaban J connectivity index is 2.01. The summed E-state index contributed by atoms with van der Waals surface area (Å²) in [5.41, 5.74) is -2.33. The van der Waals surface area contributed by atoms with E-state index in [9.17, 15) is 23.5 Å². The Bertz CT molecular complexity index is 888. The lowest BCUT2D eigenvalue weighted by molar-refractivity contribution is -0.133. The SMILES string of the molecule is O=C(CC1(O)C(=O)Nc2c(Cl)ccc(Cl)c21)c1ccc(F)c(F)c1. The maximum atomic E-state index is 13.3. The van der Waals surface area contributed by atoms with Gasteiger partial charge in [0.15, 0.2) is 23.0 Å². The zero-order chi connectivity index (χ0) is 17.6. The molecule has 0 aromatic heterocycles. The van der Waals surface area contributed by atoms with Crippen molar-refractivity contribution in [1.29, 1.82) is 0 Å². The first-order chi connectivity index (χ1) is 11.2. The molecule has 3 rings (SSSR count). The number of fused-ring (bicyclic) bond motifs is 1. The first-order valence-electron chi connectivity index (χ1n) is 6.74. The van der Waals surface area contributed by atoms with Crippen LogP contribution in [0.2, 0.25) is 10.0 Å². The third-order valence-electron chi connectivity index (χ3n) is 3.79. The van der Waals surface area contributed by atoms with Crippen molar-refractivity contribution in [3.8, 4) is 0 Å². The zero-order valence-electron chi connectivity index (χ0n) is 11.9. The van der Waals surface area contributed by atoms with E-state index in [1.807, 2.05) is 0 Å². The molecule has 1 heterocycles. The molecule has 124 valence electrons. The highest BCUT2D eigenvalue weighted by atomic mass is 35.5. The molecule has 1 amide bonds. The number of rotatable bonds is 3. The molecule has 1 atom stereocenters. The fourth-order valence-corrected chi connectivity index (χ4v) is 3.10. The fourth-order valence-electron chi connectivity index (χ4n) is 2.58. The van der Waals surface area contributed by atoms with Crippen LogP contribution in [-0.4, -0.2) is 16.8 Å². The van der Waals surface area contributed by atoms with Crippen LogP contribution in [0.4, 0.5) is 14.5 Å². The number of carbonyl (C=O) groups is 2. The van der Waals surface area contributed by atoms with E-state index >= 15 is 0 Å². The molecule has 24 heavy (non-hydrogen) atoms. The van der Waals surface area contributed by atoms with Gasteiger partial charge in [-0.25, -0.2) is 8.78 Å². The standard InChI is InChI=1S/C16H9Cl2F2NO3/c17-8-2-3-9(18)14-13(8)16(24,15(23)21-14)6-12(22)7-1-4-10(19)11(20)5-7/h1-5,24H,6H2,(H,21,23). The van der Waals surface area contributed by atoms with E-state index in [0.29, 0.717) is 6.07 Å². The van der Waals surface area contributed by atoms with Gasteiger partial charge in [-0.15, -0.1) is 0 Å². The fraction of sp³-hybridized carbons (Fsp3) is 0.125. The Morgan fingerprint density at radius 1 is 1.12 bits per heavy atom. The summed E-state index contributed by atoms with van der Waals surface area (Å²) in [6.07, 6.45) is -0.697. The summed E-state index contributed by atoms with van der Waals surface area (Å²) in [4.78, 5) is 24.5. The Morgan fingerprint density at radius 3 is 2.46 bits per heavy atom. The molecule has 8 heteroatoms. The van der Waals surface area contributed by atoms with E-state index in [-0.39, 0.29) is 26.9 Å². The summed E-state index contributed by atoms with van der Waals surface area (Å²) in [5, 5.41) is 13.3. The minimum Gasteiger partial charge on any atom is -0.375 e. The van der Waals surface area contributed by atoms with Gasteiger partial charge in [0.1, 0.15) is 0 Å². The van der Waals surface area contributed by atoms with Gasteiger partial charge in [-0.3, -0.25) is 9.59 Å². The van der Waals surface area contributed by atoms with Gasteiger partial charge in [0, 0.05) is 16.1 Å². The average Bonchev–Trinajstić information content (AvgIpc) is 2.78. The van der Waals surface area contributed by atoms with Crippen molar-refractivity contribution in [2.75, 3.05) is 5.32 Å². The van der Waals surface area contributed by atoms with E-state index in [1.54, 1.807) is 0 Å². The van der Waals surface area contributed by atoms with Crippen molar-refractivity contribution in [2.45, 2.75) is 12.0 Å². The van der Waals surface area contributed by atoms with Gasteiger partial charge < -0.3 is 10.4 Å². The minimum atomic E-state index is -2.25. The van der Waals surface area contributed by atoms with Gasteiger partial charge in [0.25, 0.3) is 5.91 Å². The third-order valence-corrected chi connectivity index (χ3v) is 4.42. The molecule has 0 radical (unpaired) electrons. The van der Waals surface area contributed by atoms with Crippen LogP contribution in [0.25, 0.3) is 0 Å².